The second-order valence-electron chi connectivity index (χ2n) is 4.01. The van der Waals surface area contributed by atoms with Crippen LogP contribution in [-0.2, 0) is 0 Å². The van der Waals surface area contributed by atoms with E-state index in [1.807, 2.05) is 23.7 Å². The Kier molecular flexibility index (Phi) is 2.39. The number of benzene rings is 1. The van der Waals surface area contributed by atoms with Crippen LogP contribution in [0.1, 0.15) is 25.6 Å². The molecule has 0 spiro atoms. The van der Waals surface area contributed by atoms with Crippen molar-refractivity contribution in [3.05, 3.63) is 23.9 Å². The lowest BCUT2D eigenvalue weighted by Gasteiger charge is -2.07. The number of aryl methyl sites for hydroxylation is 1. The normalized spacial score (nSPS) is 11.3. The molecule has 80 valence electrons. The average molecular weight is 204 g/mol. The molecule has 0 amide bonds. The summed E-state index contributed by atoms with van der Waals surface area (Å²) >= 11 is 0. The first-order valence-electron chi connectivity index (χ1n) is 5.16. The van der Waals surface area contributed by atoms with Gasteiger partial charge in [-0.05, 0) is 32.9 Å². The van der Waals surface area contributed by atoms with Gasteiger partial charge in [-0.3, -0.25) is 4.68 Å². The Morgan fingerprint density at radius 1 is 1.33 bits per heavy atom. The molecule has 0 radical (unpaired) electrons. The molecule has 0 aliphatic carbocycles. The first kappa shape index (κ1) is 10.0. The molecule has 0 bridgehead atoms. The standard InChI is InChI=1S/C12H16N2O/c1-8(2)14-12-7-10(15-4)5-6-11(12)9(3)13-14/h5-8H,1-4H3. The van der Waals surface area contributed by atoms with Crippen molar-refractivity contribution in [1.82, 2.24) is 9.78 Å². The predicted molar refractivity (Wildman–Crippen MR) is 61.4 cm³/mol. The van der Waals surface area contributed by atoms with E-state index < -0.39 is 0 Å². The number of rotatable bonds is 2. The summed E-state index contributed by atoms with van der Waals surface area (Å²) in [5.74, 6) is 0.879. The molecule has 0 atom stereocenters. The molecular formula is C12H16N2O. The van der Waals surface area contributed by atoms with E-state index in [9.17, 15) is 0 Å². The van der Waals surface area contributed by atoms with Gasteiger partial charge in [0.15, 0.2) is 0 Å². The summed E-state index contributed by atoms with van der Waals surface area (Å²) in [4.78, 5) is 0. The second-order valence-corrected chi connectivity index (χ2v) is 4.01. The quantitative estimate of drug-likeness (QED) is 0.752. The van der Waals surface area contributed by atoms with Crippen LogP contribution >= 0.6 is 0 Å². The van der Waals surface area contributed by atoms with Gasteiger partial charge in [-0.2, -0.15) is 5.10 Å². The third kappa shape index (κ3) is 1.58. The van der Waals surface area contributed by atoms with Gasteiger partial charge in [0.25, 0.3) is 0 Å². The molecule has 0 saturated heterocycles. The monoisotopic (exact) mass is 204 g/mol. The third-order valence-corrected chi connectivity index (χ3v) is 2.59. The lowest BCUT2D eigenvalue weighted by atomic mass is 10.2. The maximum absolute atomic E-state index is 5.23. The van der Waals surface area contributed by atoms with Crippen LogP contribution in [0.25, 0.3) is 10.9 Å². The molecule has 1 aromatic carbocycles. The van der Waals surface area contributed by atoms with Crippen LogP contribution < -0.4 is 4.74 Å². The van der Waals surface area contributed by atoms with Crippen LogP contribution in [0, 0.1) is 6.92 Å². The van der Waals surface area contributed by atoms with E-state index in [1.54, 1.807) is 7.11 Å². The van der Waals surface area contributed by atoms with E-state index in [0.29, 0.717) is 6.04 Å². The molecule has 0 saturated carbocycles. The zero-order valence-electron chi connectivity index (χ0n) is 9.61. The van der Waals surface area contributed by atoms with Gasteiger partial charge in [0.1, 0.15) is 5.75 Å². The first-order valence-corrected chi connectivity index (χ1v) is 5.16. The second kappa shape index (κ2) is 3.57. The molecule has 1 heterocycles. The summed E-state index contributed by atoms with van der Waals surface area (Å²) in [5, 5.41) is 5.72. The summed E-state index contributed by atoms with van der Waals surface area (Å²) in [7, 11) is 1.68. The molecule has 0 aliphatic rings. The van der Waals surface area contributed by atoms with Gasteiger partial charge in [0.2, 0.25) is 0 Å². The van der Waals surface area contributed by atoms with Crippen LogP contribution in [0.15, 0.2) is 18.2 Å². The fourth-order valence-electron chi connectivity index (χ4n) is 1.80. The largest absolute Gasteiger partial charge is 0.497 e. The Labute approximate surface area is 89.7 Å². The van der Waals surface area contributed by atoms with Gasteiger partial charge in [0.05, 0.1) is 18.3 Å². The third-order valence-electron chi connectivity index (χ3n) is 2.59. The zero-order chi connectivity index (χ0) is 11.0. The maximum atomic E-state index is 5.23. The van der Waals surface area contributed by atoms with Gasteiger partial charge in [-0.25, -0.2) is 0 Å². The van der Waals surface area contributed by atoms with Gasteiger partial charge in [0, 0.05) is 17.5 Å². The molecule has 15 heavy (non-hydrogen) atoms. The van der Waals surface area contributed by atoms with Crippen LogP contribution in [-0.4, -0.2) is 16.9 Å². The van der Waals surface area contributed by atoms with Gasteiger partial charge in [-0.15, -0.1) is 0 Å². The number of hydrogen-bond donors (Lipinski definition) is 0. The molecule has 0 N–H and O–H groups in total. The SMILES string of the molecule is COc1ccc2c(C)nn(C(C)C)c2c1. The fraction of sp³-hybridized carbons (Fsp3) is 0.417. The van der Waals surface area contributed by atoms with Crippen molar-refractivity contribution >= 4 is 10.9 Å². The fourth-order valence-corrected chi connectivity index (χ4v) is 1.80. The Hall–Kier alpha value is -1.51. The minimum absolute atomic E-state index is 0.369. The van der Waals surface area contributed by atoms with E-state index in [-0.39, 0.29) is 0 Å². The summed E-state index contributed by atoms with van der Waals surface area (Å²) < 4.78 is 7.26. The summed E-state index contributed by atoms with van der Waals surface area (Å²) in [6.07, 6.45) is 0. The van der Waals surface area contributed by atoms with Crippen molar-refractivity contribution in [2.75, 3.05) is 7.11 Å². The Bertz CT molecular complexity index is 486. The minimum Gasteiger partial charge on any atom is -0.497 e. The van der Waals surface area contributed by atoms with Crippen LogP contribution in [0.3, 0.4) is 0 Å². The highest BCUT2D eigenvalue weighted by molar-refractivity contribution is 5.83. The van der Waals surface area contributed by atoms with Crippen LogP contribution in [0.5, 0.6) is 5.75 Å². The van der Waals surface area contributed by atoms with Crippen LogP contribution in [0.4, 0.5) is 0 Å². The van der Waals surface area contributed by atoms with Gasteiger partial charge in [-0.1, -0.05) is 0 Å². The maximum Gasteiger partial charge on any atom is 0.121 e. The smallest absolute Gasteiger partial charge is 0.121 e. The molecule has 0 fully saturated rings. The highest BCUT2D eigenvalue weighted by atomic mass is 16.5. The molecule has 3 heteroatoms. The van der Waals surface area contributed by atoms with Crippen molar-refractivity contribution in [3.8, 4) is 5.75 Å². The number of hydrogen-bond acceptors (Lipinski definition) is 2. The number of methoxy groups -OCH3 is 1. The van der Waals surface area contributed by atoms with E-state index in [1.165, 1.54) is 5.39 Å². The summed E-state index contributed by atoms with van der Waals surface area (Å²) in [6, 6.07) is 6.44. The molecule has 0 unspecified atom stereocenters. The number of ether oxygens (including phenoxy) is 1. The molecule has 0 aliphatic heterocycles. The van der Waals surface area contributed by atoms with E-state index >= 15 is 0 Å². The summed E-state index contributed by atoms with van der Waals surface area (Å²) in [5.41, 5.74) is 2.21. The van der Waals surface area contributed by atoms with E-state index in [2.05, 4.69) is 25.0 Å². The minimum atomic E-state index is 0.369. The van der Waals surface area contributed by atoms with Crippen molar-refractivity contribution in [1.29, 1.82) is 0 Å². The van der Waals surface area contributed by atoms with Crippen molar-refractivity contribution in [3.63, 3.8) is 0 Å². The van der Waals surface area contributed by atoms with Crippen molar-refractivity contribution in [2.45, 2.75) is 26.8 Å². The Balaban J connectivity index is 2.71. The Morgan fingerprint density at radius 3 is 2.67 bits per heavy atom. The molecule has 2 aromatic rings. The van der Waals surface area contributed by atoms with Crippen LogP contribution in [0.2, 0.25) is 0 Å². The van der Waals surface area contributed by atoms with Gasteiger partial charge >= 0.3 is 0 Å². The topological polar surface area (TPSA) is 27.1 Å². The highest BCUT2D eigenvalue weighted by Crippen LogP contribution is 2.25. The molecule has 2 rings (SSSR count). The van der Waals surface area contributed by atoms with Gasteiger partial charge < -0.3 is 4.74 Å². The number of fused-ring (bicyclic) bond motifs is 1. The lowest BCUT2D eigenvalue weighted by Crippen LogP contribution is -2.02. The Morgan fingerprint density at radius 2 is 2.07 bits per heavy atom. The number of aromatic nitrogens is 2. The van der Waals surface area contributed by atoms with Crippen molar-refractivity contribution < 1.29 is 4.74 Å². The van der Waals surface area contributed by atoms with Crippen molar-refractivity contribution in [2.24, 2.45) is 0 Å². The number of nitrogens with zero attached hydrogens (tertiary/aromatic N) is 2. The first-order chi connectivity index (χ1) is 7.13. The molecular weight excluding hydrogens is 188 g/mol. The average Bonchev–Trinajstić information content (AvgIpc) is 2.56. The molecule has 1 aromatic heterocycles. The predicted octanol–water partition coefficient (Wildman–Crippen LogP) is 2.93. The molecule has 3 nitrogen and oxygen atoms in total. The van der Waals surface area contributed by atoms with E-state index in [0.717, 1.165) is 17.0 Å². The zero-order valence-corrected chi connectivity index (χ0v) is 9.61. The highest BCUT2D eigenvalue weighted by Gasteiger charge is 2.10. The lowest BCUT2D eigenvalue weighted by molar-refractivity contribution is 0.415. The van der Waals surface area contributed by atoms with E-state index in [4.69, 9.17) is 4.74 Å². The summed E-state index contributed by atoms with van der Waals surface area (Å²) in [6.45, 7) is 6.30.